The van der Waals surface area contributed by atoms with Crippen molar-refractivity contribution in [1.29, 1.82) is 0 Å². The largest absolute Gasteiger partial charge is 0.325 e. The topological polar surface area (TPSA) is 44.0 Å². The molecule has 4 aromatic rings. The molecular formula is C22H18N2O2. The van der Waals surface area contributed by atoms with Crippen LogP contribution in [0.4, 0.5) is 0 Å². The maximum atomic E-state index is 13.2. The Morgan fingerprint density at radius 3 is 2.38 bits per heavy atom. The second-order valence-corrected chi connectivity index (χ2v) is 6.92. The van der Waals surface area contributed by atoms with Crippen molar-refractivity contribution in [1.82, 2.24) is 9.13 Å². The van der Waals surface area contributed by atoms with Gasteiger partial charge in [0, 0.05) is 30.5 Å². The predicted molar refractivity (Wildman–Crippen MR) is 104 cm³/mol. The molecule has 0 saturated carbocycles. The SMILES string of the molecule is Cc1c(Cc2ccccc2)c(=O)n2c3c1c(=O)c1ccccc1n3CC2. The summed E-state index contributed by atoms with van der Waals surface area (Å²) < 4.78 is 3.90. The first-order valence-corrected chi connectivity index (χ1v) is 8.88. The number of pyridine rings is 2. The Bertz CT molecular complexity index is 1300. The molecule has 2 aromatic heterocycles. The van der Waals surface area contributed by atoms with Crippen LogP contribution in [-0.4, -0.2) is 9.13 Å². The zero-order valence-corrected chi connectivity index (χ0v) is 14.5. The Hall–Kier alpha value is -3.14. The minimum Gasteiger partial charge on any atom is -0.325 e. The van der Waals surface area contributed by atoms with E-state index in [1.165, 1.54) is 0 Å². The number of aromatic nitrogens is 2. The lowest BCUT2D eigenvalue weighted by Crippen LogP contribution is -2.26. The minimum absolute atomic E-state index is 0.0225. The highest BCUT2D eigenvalue weighted by molar-refractivity contribution is 5.94. The molecule has 4 heteroatoms. The first kappa shape index (κ1) is 15.1. The Kier molecular flexibility index (Phi) is 3.16. The van der Waals surface area contributed by atoms with Gasteiger partial charge in [-0.25, -0.2) is 0 Å². The average molecular weight is 342 g/mol. The third-order valence-electron chi connectivity index (χ3n) is 5.50. The molecule has 0 spiro atoms. The van der Waals surface area contributed by atoms with Crippen molar-refractivity contribution in [2.75, 3.05) is 0 Å². The highest BCUT2D eigenvalue weighted by Gasteiger charge is 2.24. The van der Waals surface area contributed by atoms with E-state index in [2.05, 4.69) is 4.57 Å². The maximum absolute atomic E-state index is 13.2. The molecule has 5 rings (SSSR count). The smallest absolute Gasteiger partial charge is 0.256 e. The van der Waals surface area contributed by atoms with Crippen LogP contribution < -0.4 is 11.0 Å². The lowest BCUT2D eigenvalue weighted by Gasteiger charge is -2.14. The summed E-state index contributed by atoms with van der Waals surface area (Å²) in [6, 6.07) is 17.6. The second kappa shape index (κ2) is 5.43. The standard InChI is InChI=1S/C22H18N2O2/c1-14-17(13-15-7-3-2-4-8-15)22(26)24-12-11-23-18-10-6-5-9-16(18)20(25)19(14)21(23)24/h2-10H,11-13H2,1H3. The number of para-hydroxylation sites is 1. The van der Waals surface area contributed by atoms with E-state index in [1.807, 2.05) is 61.5 Å². The van der Waals surface area contributed by atoms with Crippen molar-refractivity contribution < 1.29 is 0 Å². The van der Waals surface area contributed by atoms with E-state index < -0.39 is 0 Å². The first-order valence-electron chi connectivity index (χ1n) is 8.88. The highest BCUT2D eigenvalue weighted by Crippen LogP contribution is 2.26. The molecule has 2 aromatic carbocycles. The van der Waals surface area contributed by atoms with Crippen LogP contribution in [0.2, 0.25) is 0 Å². The Balaban J connectivity index is 1.92. The number of nitrogens with zero attached hydrogens (tertiary/aromatic N) is 2. The minimum atomic E-state index is 0.0225. The van der Waals surface area contributed by atoms with Crippen molar-refractivity contribution in [2.45, 2.75) is 26.4 Å². The van der Waals surface area contributed by atoms with Gasteiger partial charge in [-0.3, -0.25) is 14.2 Å². The molecule has 0 saturated heterocycles. The molecule has 0 N–H and O–H groups in total. The highest BCUT2D eigenvalue weighted by atomic mass is 16.1. The van der Waals surface area contributed by atoms with Gasteiger partial charge in [0.1, 0.15) is 5.65 Å². The van der Waals surface area contributed by atoms with Crippen LogP contribution in [0, 0.1) is 6.92 Å². The molecular weight excluding hydrogens is 324 g/mol. The monoisotopic (exact) mass is 342 g/mol. The molecule has 0 amide bonds. The number of hydrogen-bond acceptors (Lipinski definition) is 2. The van der Waals surface area contributed by atoms with Crippen LogP contribution in [-0.2, 0) is 19.5 Å². The molecule has 0 bridgehead atoms. The fraction of sp³-hybridized carbons (Fsp3) is 0.182. The summed E-state index contributed by atoms with van der Waals surface area (Å²) in [6.45, 7) is 3.25. The van der Waals surface area contributed by atoms with Gasteiger partial charge in [-0.05, 0) is 30.2 Å². The summed E-state index contributed by atoms with van der Waals surface area (Å²) in [5.41, 5.74) is 4.35. The molecule has 3 heterocycles. The maximum Gasteiger partial charge on any atom is 0.256 e. The van der Waals surface area contributed by atoms with Crippen LogP contribution in [0.25, 0.3) is 21.9 Å². The van der Waals surface area contributed by atoms with Gasteiger partial charge in [-0.1, -0.05) is 42.5 Å². The van der Waals surface area contributed by atoms with Crippen LogP contribution in [0.15, 0.2) is 64.2 Å². The summed E-state index contributed by atoms with van der Waals surface area (Å²) in [6.07, 6.45) is 0.549. The fourth-order valence-corrected chi connectivity index (χ4v) is 4.22. The van der Waals surface area contributed by atoms with E-state index >= 15 is 0 Å². The van der Waals surface area contributed by atoms with Crippen LogP contribution in [0.1, 0.15) is 16.7 Å². The molecule has 1 aliphatic rings. The van der Waals surface area contributed by atoms with Gasteiger partial charge >= 0.3 is 0 Å². The normalized spacial score (nSPS) is 13.0. The molecule has 4 nitrogen and oxygen atoms in total. The summed E-state index contributed by atoms with van der Waals surface area (Å²) in [5.74, 6) is 0. The number of aryl methyl sites for hydroxylation is 3. The lowest BCUT2D eigenvalue weighted by atomic mass is 9.98. The van der Waals surface area contributed by atoms with Gasteiger partial charge in [0.25, 0.3) is 5.56 Å². The molecule has 128 valence electrons. The summed E-state index contributed by atoms with van der Waals surface area (Å²) in [5, 5.41) is 1.41. The zero-order valence-electron chi connectivity index (χ0n) is 14.5. The van der Waals surface area contributed by atoms with E-state index in [-0.39, 0.29) is 11.0 Å². The molecule has 1 aliphatic heterocycles. The Morgan fingerprint density at radius 2 is 1.58 bits per heavy atom. The molecule has 0 unspecified atom stereocenters. The summed E-state index contributed by atoms with van der Waals surface area (Å²) >= 11 is 0. The van der Waals surface area contributed by atoms with Crippen molar-refractivity contribution in [3.63, 3.8) is 0 Å². The van der Waals surface area contributed by atoms with Crippen LogP contribution in [0.5, 0.6) is 0 Å². The predicted octanol–water partition coefficient (Wildman–Crippen LogP) is 3.23. The zero-order chi connectivity index (χ0) is 17.8. The van der Waals surface area contributed by atoms with Gasteiger partial charge < -0.3 is 4.57 Å². The number of benzene rings is 2. The van der Waals surface area contributed by atoms with Crippen molar-refractivity contribution in [3.05, 3.63) is 91.9 Å². The fourth-order valence-electron chi connectivity index (χ4n) is 4.22. The number of rotatable bonds is 2. The van der Waals surface area contributed by atoms with E-state index in [0.717, 1.165) is 39.8 Å². The van der Waals surface area contributed by atoms with Gasteiger partial charge in [0.05, 0.1) is 10.9 Å². The van der Waals surface area contributed by atoms with Crippen LogP contribution in [0.3, 0.4) is 0 Å². The Labute approximate surface area is 149 Å². The third-order valence-corrected chi connectivity index (χ3v) is 5.50. The number of fused-ring (bicyclic) bond motifs is 2. The van der Waals surface area contributed by atoms with Gasteiger partial charge in [-0.2, -0.15) is 0 Å². The number of hydrogen-bond donors (Lipinski definition) is 0. The summed E-state index contributed by atoms with van der Waals surface area (Å²) in [7, 11) is 0. The Morgan fingerprint density at radius 1 is 0.885 bits per heavy atom. The molecule has 0 fully saturated rings. The van der Waals surface area contributed by atoms with Crippen LogP contribution >= 0.6 is 0 Å². The van der Waals surface area contributed by atoms with E-state index in [1.54, 1.807) is 4.57 Å². The second-order valence-electron chi connectivity index (χ2n) is 6.92. The quantitative estimate of drug-likeness (QED) is 0.525. The lowest BCUT2D eigenvalue weighted by molar-refractivity contribution is 0.677. The van der Waals surface area contributed by atoms with Crippen molar-refractivity contribution in [3.8, 4) is 0 Å². The van der Waals surface area contributed by atoms with Gasteiger partial charge in [0.2, 0.25) is 0 Å². The van der Waals surface area contributed by atoms with Gasteiger partial charge in [0.15, 0.2) is 5.43 Å². The summed E-state index contributed by atoms with van der Waals surface area (Å²) in [4.78, 5) is 26.4. The molecule has 26 heavy (non-hydrogen) atoms. The molecule has 0 radical (unpaired) electrons. The van der Waals surface area contributed by atoms with E-state index in [4.69, 9.17) is 0 Å². The van der Waals surface area contributed by atoms with E-state index in [9.17, 15) is 9.59 Å². The van der Waals surface area contributed by atoms with Crippen molar-refractivity contribution >= 4 is 21.9 Å². The van der Waals surface area contributed by atoms with Gasteiger partial charge in [-0.15, -0.1) is 0 Å². The third kappa shape index (κ3) is 1.96. The first-order chi connectivity index (χ1) is 12.7. The molecule has 0 atom stereocenters. The van der Waals surface area contributed by atoms with Crippen molar-refractivity contribution in [2.24, 2.45) is 0 Å². The van der Waals surface area contributed by atoms with E-state index in [0.29, 0.717) is 18.4 Å². The average Bonchev–Trinajstić information content (AvgIpc) is 3.11. The molecule has 0 aliphatic carbocycles.